The van der Waals surface area contributed by atoms with Gasteiger partial charge in [-0.15, -0.1) is 5.10 Å². The number of cyclic esters (lactones) is 1. The summed E-state index contributed by atoms with van der Waals surface area (Å²) in [5.41, 5.74) is -1.01. The van der Waals surface area contributed by atoms with Crippen molar-refractivity contribution in [2.24, 2.45) is 17.8 Å². The normalized spacial score (nSPS) is 32.9. The van der Waals surface area contributed by atoms with Gasteiger partial charge in [-0.05, 0) is 30.5 Å². The van der Waals surface area contributed by atoms with E-state index in [-0.39, 0.29) is 44.2 Å². The molecule has 2 aromatic rings. The Hall–Kier alpha value is -3.57. The van der Waals surface area contributed by atoms with Crippen LogP contribution in [-0.2, 0) is 30.5 Å². The van der Waals surface area contributed by atoms with Gasteiger partial charge < -0.3 is 24.4 Å². The van der Waals surface area contributed by atoms with Crippen LogP contribution in [0.5, 0.6) is 0 Å². The minimum Gasteiger partial charge on any atom is -0.461 e. The number of hydrogen-bond acceptors (Lipinski definition) is 8. The number of para-hydroxylation sites is 1. The number of likely N-dealkylation sites (tertiary alicyclic amines) is 1. The second-order valence-electron chi connectivity index (χ2n) is 11.2. The third kappa shape index (κ3) is 3.67. The Balaban J connectivity index is 1.48. The van der Waals surface area contributed by atoms with Crippen LogP contribution < -0.4 is 0 Å². The Morgan fingerprint density at radius 1 is 1.10 bits per heavy atom. The maximum absolute atomic E-state index is 14.6. The predicted molar refractivity (Wildman–Crippen MR) is 143 cm³/mol. The third-order valence-corrected chi connectivity index (χ3v) is 9.29. The summed E-state index contributed by atoms with van der Waals surface area (Å²) in [6, 6.07) is 5.78. The van der Waals surface area contributed by atoms with Gasteiger partial charge in [0.2, 0.25) is 5.91 Å². The Labute approximate surface area is 232 Å². The SMILES string of the molecule is CC[C@H](C)[C@H](CO)N1C(=O)[C@@H]2[C@H]3C(=O)OCC=C[C@@]3(CC)O[C@@]23C=CCN(Cn2nnc4ccccc42)C(=O)C13. The first kappa shape index (κ1) is 26.6. The fraction of sp³-hybridized carbons (Fsp3) is 0.552. The Morgan fingerprint density at radius 2 is 1.90 bits per heavy atom. The first-order valence-corrected chi connectivity index (χ1v) is 14.0. The largest absolute Gasteiger partial charge is 0.461 e. The lowest BCUT2D eigenvalue weighted by Gasteiger charge is -2.42. The van der Waals surface area contributed by atoms with Crippen LogP contribution in [0, 0.1) is 17.8 Å². The maximum atomic E-state index is 14.6. The smallest absolute Gasteiger partial charge is 0.313 e. The van der Waals surface area contributed by atoms with Crippen molar-refractivity contribution < 1.29 is 29.0 Å². The number of aliphatic hydroxyl groups is 1. The van der Waals surface area contributed by atoms with Crippen molar-refractivity contribution in [3.63, 3.8) is 0 Å². The molecule has 6 rings (SSSR count). The number of aromatic nitrogens is 3. The Kier molecular flexibility index (Phi) is 6.53. The highest BCUT2D eigenvalue weighted by atomic mass is 16.6. The molecule has 1 unspecified atom stereocenters. The van der Waals surface area contributed by atoms with E-state index in [0.717, 1.165) is 5.52 Å². The van der Waals surface area contributed by atoms with Gasteiger partial charge in [0.25, 0.3) is 5.91 Å². The molecule has 4 aliphatic rings. The quantitative estimate of drug-likeness (QED) is 0.408. The fourth-order valence-corrected chi connectivity index (χ4v) is 7.06. The molecule has 4 aliphatic heterocycles. The molecule has 0 saturated carbocycles. The minimum absolute atomic E-state index is 0.0992. The molecule has 5 heterocycles. The summed E-state index contributed by atoms with van der Waals surface area (Å²) in [5.74, 6) is -3.21. The molecule has 2 saturated heterocycles. The Bertz CT molecular complexity index is 1400. The van der Waals surface area contributed by atoms with Crippen molar-refractivity contribution in [3.05, 3.63) is 48.6 Å². The lowest BCUT2D eigenvalue weighted by atomic mass is 9.73. The first-order valence-electron chi connectivity index (χ1n) is 14.0. The molecular formula is C29H35N5O6. The van der Waals surface area contributed by atoms with Gasteiger partial charge in [-0.2, -0.15) is 0 Å². The number of amides is 2. The van der Waals surface area contributed by atoms with Crippen LogP contribution in [0.1, 0.15) is 33.6 Å². The number of esters is 1. The van der Waals surface area contributed by atoms with Gasteiger partial charge in [-0.25, -0.2) is 4.68 Å². The fourth-order valence-electron chi connectivity index (χ4n) is 7.06. The lowest BCUT2D eigenvalue weighted by Crippen LogP contribution is -2.60. The van der Waals surface area contributed by atoms with E-state index in [1.807, 2.05) is 57.2 Å². The van der Waals surface area contributed by atoms with Gasteiger partial charge in [-0.1, -0.05) is 62.8 Å². The number of carbonyl (C=O) groups excluding carboxylic acids is 3. The second kappa shape index (κ2) is 9.81. The molecule has 1 N–H and O–H groups in total. The number of fused-ring (bicyclic) bond motifs is 3. The van der Waals surface area contributed by atoms with E-state index in [4.69, 9.17) is 9.47 Å². The molecule has 2 amide bonds. The molecule has 0 aliphatic carbocycles. The summed E-state index contributed by atoms with van der Waals surface area (Å²) in [5, 5.41) is 19.0. The van der Waals surface area contributed by atoms with E-state index >= 15 is 0 Å². The Morgan fingerprint density at radius 3 is 2.65 bits per heavy atom. The monoisotopic (exact) mass is 549 g/mol. The summed E-state index contributed by atoms with van der Waals surface area (Å²) in [6.45, 7) is 5.98. The number of nitrogens with zero attached hydrogens (tertiary/aromatic N) is 5. The predicted octanol–water partition coefficient (Wildman–Crippen LogP) is 1.67. The topological polar surface area (TPSA) is 127 Å². The van der Waals surface area contributed by atoms with Crippen LogP contribution in [-0.4, -0.2) is 90.7 Å². The lowest BCUT2D eigenvalue weighted by molar-refractivity contribution is -0.162. The molecule has 0 radical (unpaired) electrons. The van der Waals surface area contributed by atoms with Crippen LogP contribution in [0.4, 0.5) is 0 Å². The molecule has 0 bridgehead atoms. The molecule has 40 heavy (non-hydrogen) atoms. The van der Waals surface area contributed by atoms with Gasteiger partial charge in [0.1, 0.15) is 42.0 Å². The van der Waals surface area contributed by atoms with E-state index in [0.29, 0.717) is 18.4 Å². The standard InChI is InChI=1S/C29H35N5O6/c1-4-18(3)21(16-35)34-24-26(37)32(17-33-20-11-7-6-10-19(20)30-31-33)14-8-13-29(24)22(25(34)36)23-27(38)39-15-9-12-28(23,5-2)40-29/h6-13,18,21-24,35H,4-5,14-17H2,1-3H3/t18-,21-,22-,23-,24?,28+,29-/m0/s1. The zero-order valence-electron chi connectivity index (χ0n) is 23.0. The molecular weight excluding hydrogens is 514 g/mol. The summed E-state index contributed by atoms with van der Waals surface area (Å²) in [7, 11) is 0. The van der Waals surface area contributed by atoms with Crippen LogP contribution >= 0.6 is 0 Å². The maximum Gasteiger partial charge on any atom is 0.313 e. The van der Waals surface area contributed by atoms with Crippen molar-refractivity contribution in [1.29, 1.82) is 0 Å². The number of benzene rings is 1. The van der Waals surface area contributed by atoms with Crippen LogP contribution in [0.3, 0.4) is 0 Å². The molecule has 11 heteroatoms. The van der Waals surface area contributed by atoms with E-state index in [9.17, 15) is 19.5 Å². The van der Waals surface area contributed by atoms with Gasteiger partial charge in [-0.3, -0.25) is 14.4 Å². The van der Waals surface area contributed by atoms with E-state index < -0.39 is 41.1 Å². The molecule has 212 valence electrons. The van der Waals surface area contributed by atoms with Gasteiger partial charge in [0.05, 0.1) is 24.1 Å². The zero-order valence-corrected chi connectivity index (χ0v) is 23.0. The van der Waals surface area contributed by atoms with Crippen molar-refractivity contribution in [1.82, 2.24) is 24.8 Å². The summed E-state index contributed by atoms with van der Waals surface area (Å²) in [6.07, 6.45) is 8.32. The zero-order chi connectivity index (χ0) is 28.2. The van der Waals surface area contributed by atoms with Crippen molar-refractivity contribution >= 4 is 28.8 Å². The third-order valence-electron chi connectivity index (χ3n) is 9.29. The van der Waals surface area contributed by atoms with E-state index in [1.165, 1.54) is 4.90 Å². The van der Waals surface area contributed by atoms with E-state index in [2.05, 4.69) is 10.3 Å². The first-order chi connectivity index (χ1) is 19.3. The van der Waals surface area contributed by atoms with Crippen molar-refractivity contribution in [2.45, 2.75) is 63.6 Å². The number of hydrogen-bond donors (Lipinski definition) is 1. The summed E-state index contributed by atoms with van der Waals surface area (Å²) >= 11 is 0. The minimum atomic E-state index is -1.41. The number of ether oxygens (including phenoxy) is 2. The van der Waals surface area contributed by atoms with Gasteiger partial charge >= 0.3 is 5.97 Å². The van der Waals surface area contributed by atoms with Crippen LogP contribution in [0.2, 0.25) is 0 Å². The highest BCUT2D eigenvalue weighted by molar-refractivity contribution is 5.99. The highest BCUT2D eigenvalue weighted by Crippen LogP contribution is 2.59. The number of carbonyl (C=O) groups is 3. The van der Waals surface area contributed by atoms with Crippen LogP contribution in [0.15, 0.2) is 48.6 Å². The van der Waals surface area contributed by atoms with Crippen LogP contribution in [0.25, 0.3) is 11.0 Å². The summed E-state index contributed by atoms with van der Waals surface area (Å²) in [4.78, 5) is 45.6. The number of aliphatic hydroxyl groups excluding tert-OH is 1. The molecule has 2 fully saturated rings. The summed E-state index contributed by atoms with van der Waals surface area (Å²) < 4.78 is 14.0. The average molecular weight is 550 g/mol. The molecule has 1 aromatic carbocycles. The van der Waals surface area contributed by atoms with E-state index in [1.54, 1.807) is 21.7 Å². The van der Waals surface area contributed by atoms with Gasteiger partial charge in [0.15, 0.2) is 0 Å². The molecule has 1 spiro atoms. The highest BCUT2D eigenvalue weighted by Gasteiger charge is 2.76. The van der Waals surface area contributed by atoms with Crippen molar-refractivity contribution in [2.75, 3.05) is 19.8 Å². The molecule has 1 aromatic heterocycles. The molecule has 7 atom stereocenters. The molecule has 11 nitrogen and oxygen atoms in total. The second-order valence-corrected chi connectivity index (χ2v) is 11.2. The number of rotatable bonds is 7. The average Bonchev–Trinajstić information content (AvgIpc) is 3.50. The van der Waals surface area contributed by atoms with Crippen molar-refractivity contribution in [3.8, 4) is 0 Å². The van der Waals surface area contributed by atoms with Gasteiger partial charge in [0, 0.05) is 6.54 Å².